The zero-order chi connectivity index (χ0) is 12.6. The lowest BCUT2D eigenvalue weighted by Gasteiger charge is -2.14. The van der Waals surface area contributed by atoms with Gasteiger partial charge in [-0.1, -0.05) is 0 Å². The van der Waals surface area contributed by atoms with Crippen LogP contribution in [0, 0.1) is 12.8 Å². The molecule has 0 spiro atoms. The molecule has 1 fully saturated rings. The van der Waals surface area contributed by atoms with E-state index in [0.717, 1.165) is 6.42 Å². The molecule has 1 amide bonds. The van der Waals surface area contributed by atoms with Gasteiger partial charge in [-0.3, -0.25) is 9.59 Å². The van der Waals surface area contributed by atoms with Crippen LogP contribution in [0.4, 0.5) is 0 Å². The van der Waals surface area contributed by atoms with Gasteiger partial charge in [0, 0.05) is 23.8 Å². The van der Waals surface area contributed by atoms with Crippen LogP contribution in [0.3, 0.4) is 0 Å². The number of thiophene rings is 1. The second-order valence-electron chi connectivity index (χ2n) is 4.50. The van der Waals surface area contributed by atoms with E-state index in [0.29, 0.717) is 5.92 Å². The molecule has 1 aliphatic rings. The second kappa shape index (κ2) is 4.49. The highest BCUT2D eigenvalue weighted by Crippen LogP contribution is 2.51. The topological polar surface area (TPSA) is 57.6 Å². The highest BCUT2D eigenvalue weighted by Gasteiger charge is 2.46. The molecule has 0 radical (unpaired) electrons. The number of aryl methyl sites for hydroxylation is 1. The van der Waals surface area contributed by atoms with Crippen molar-refractivity contribution in [2.45, 2.75) is 19.3 Å². The number of hydrogen-bond acceptors (Lipinski definition) is 3. The fraction of sp³-hybridized carbons (Fsp3) is 0.500. The number of nitrogens with zero attached hydrogens (tertiary/aromatic N) is 1. The lowest BCUT2D eigenvalue weighted by molar-refractivity contribution is -0.144. The molecule has 1 N–H and O–H groups in total. The van der Waals surface area contributed by atoms with E-state index in [1.165, 1.54) is 15.3 Å². The van der Waals surface area contributed by atoms with Crippen LogP contribution in [-0.2, 0) is 9.59 Å². The first-order chi connectivity index (χ1) is 8.00. The first kappa shape index (κ1) is 12.1. The third kappa shape index (κ3) is 2.49. The standard InChI is InChI=1S/C12H15NO3S/c1-7-3-4-17-11(7)8-5-9(8)12(16)13(2)6-10(14)15/h3-4,8-9H,5-6H2,1-2H3,(H,14,15)/t8-,9-/m1/s1. The van der Waals surface area contributed by atoms with Gasteiger partial charge in [-0.2, -0.15) is 0 Å². The number of amides is 1. The maximum Gasteiger partial charge on any atom is 0.323 e. The molecule has 1 saturated carbocycles. The van der Waals surface area contributed by atoms with Crippen molar-refractivity contribution < 1.29 is 14.7 Å². The fourth-order valence-electron chi connectivity index (χ4n) is 2.09. The first-order valence-electron chi connectivity index (χ1n) is 5.51. The summed E-state index contributed by atoms with van der Waals surface area (Å²) in [6.45, 7) is 1.83. The van der Waals surface area contributed by atoms with E-state index in [-0.39, 0.29) is 18.4 Å². The van der Waals surface area contributed by atoms with Gasteiger partial charge in [0.15, 0.2) is 0 Å². The number of aliphatic carboxylic acids is 1. The molecular weight excluding hydrogens is 238 g/mol. The van der Waals surface area contributed by atoms with E-state index >= 15 is 0 Å². The molecule has 0 unspecified atom stereocenters. The maximum absolute atomic E-state index is 11.9. The molecule has 2 rings (SSSR count). The predicted octanol–water partition coefficient (Wildman–Crippen LogP) is 1.70. The summed E-state index contributed by atoms with van der Waals surface area (Å²) in [7, 11) is 1.55. The number of rotatable bonds is 4. The van der Waals surface area contributed by atoms with Crippen LogP contribution in [0.25, 0.3) is 0 Å². The molecule has 0 saturated heterocycles. The van der Waals surface area contributed by atoms with Crippen molar-refractivity contribution in [3.05, 3.63) is 21.9 Å². The third-order valence-corrected chi connectivity index (χ3v) is 4.25. The lowest BCUT2D eigenvalue weighted by Crippen LogP contribution is -2.33. The second-order valence-corrected chi connectivity index (χ2v) is 5.45. The number of carboxylic acid groups (broad SMARTS) is 1. The number of carbonyl (C=O) groups excluding carboxylic acids is 1. The van der Waals surface area contributed by atoms with Gasteiger partial charge in [0.1, 0.15) is 6.54 Å². The Kier molecular flexibility index (Phi) is 3.19. The largest absolute Gasteiger partial charge is 0.480 e. The number of hydrogen-bond donors (Lipinski definition) is 1. The van der Waals surface area contributed by atoms with E-state index in [9.17, 15) is 9.59 Å². The molecule has 0 aliphatic heterocycles. The van der Waals surface area contributed by atoms with Crippen LogP contribution in [0.5, 0.6) is 0 Å². The Hall–Kier alpha value is -1.36. The van der Waals surface area contributed by atoms with Crippen LogP contribution in [0.2, 0.25) is 0 Å². The molecule has 4 nitrogen and oxygen atoms in total. The number of likely N-dealkylation sites (N-methyl/N-ethyl adjacent to an activating group) is 1. The van der Waals surface area contributed by atoms with Gasteiger partial charge in [0.05, 0.1) is 0 Å². The Labute approximate surface area is 104 Å². The minimum atomic E-state index is -0.967. The van der Waals surface area contributed by atoms with Crippen molar-refractivity contribution in [1.29, 1.82) is 0 Å². The average Bonchev–Trinajstić information content (AvgIpc) is 2.92. The Morgan fingerprint density at radius 1 is 1.59 bits per heavy atom. The fourth-order valence-corrected chi connectivity index (χ4v) is 3.19. The molecule has 92 valence electrons. The Bertz CT molecular complexity index is 454. The smallest absolute Gasteiger partial charge is 0.323 e. The summed E-state index contributed by atoms with van der Waals surface area (Å²) in [4.78, 5) is 25.0. The third-order valence-electron chi connectivity index (χ3n) is 3.09. The Balaban J connectivity index is 1.97. The lowest BCUT2D eigenvalue weighted by atomic mass is 10.2. The minimum Gasteiger partial charge on any atom is -0.480 e. The van der Waals surface area contributed by atoms with Gasteiger partial charge < -0.3 is 10.0 Å². The normalized spacial score (nSPS) is 22.2. The summed E-state index contributed by atoms with van der Waals surface area (Å²) in [5, 5.41) is 10.7. The molecular formula is C12H15NO3S. The minimum absolute atomic E-state index is 0.0169. The van der Waals surface area contributed by atoms with Crippen molar-refractivity contribution >= 4 is 23.2 Å². The molecule has 17 heavy (non-hydrogen) atoms. The van der Waals surface area contributed by atoms with Crippen LogP contribution < -0.4 is 0 Å². The SMILES string of the molecule is Cc1ccsc1[C@@H]1C[C@H]1C(=O)N(C)CC(=O)O. The summed E-state index contributed by atoms with van der Waals surface area (Å²) in [5.41, 5.74) is 1.23. The van der Waals surface area contributed by atoms with E-state index in [2.05, 4.69) is 6.07 Å². The molecule has 1 aliphatic carbocycles. The van der Waals surface area contributed by atoms with Crippen molar-refractivity contribution in [3.8, 4) is 0 Å². The van der Waals surface area contributed by atoms with E-state index in [1.807, 2.05) is 12.3 Å². The first-order valence-corrected chi connectivity index (χ1v) is 6.39. The van der Waals surface area contributed by atoms with Gasteiger partial charge in [-0.25, -0.2) is 0 Å². The zero-order valence-corrected chi connectivity index (χ0v) is 10.7. The summed E-state index contributed by atoms with van der Waals surface area (Å²) >= 11 is 1.68. The molecule has 0 bridgehead atoms. The maximum atomic E-state index is 11.9. The van der Waals surface area contributed by atoms with Gasteiger partial charge in [0.2, 0.25) is 5.91 Å². The van der Waals surface area contributed by atoms with Gasteiger partial charge in [-0.05, 0) is 30.4 Å². The van der Waals surface area contributed by atoms with Crippen LogP contribution in [0.1, 0.15) is 22.8 Å². The van der Waals surface area contributed by atoms with E-state index in [1.54, 1.807) is 18.4 Å². The number of carboxylic acids is 1. The van der Waals surface area contributed by atoms with Crippen LogP contribution in [0.15, 0.2) is 11.4 Å². The van der Waals surface area contributed by atoms with E-state index < -0.39 is 5.97 Å². The Morgan fingerprint density at radius 2 is 2.29 bits per heavy atom. The highest BCUT2D eigenvalue weighted by atomic mass is 32.1. The predicted molar refractivity (Wildman–Crippen MR) is 65.2 cm³/mol. The van der Waals surface area contributed by atoms with Gasteiger partial charge in [0.25, 0.3) is 0 Å². The monoisotopic (exact) mass is 253 g/mol. The van der Waals surface area contributed by atoms with Crippen molar-refractivity contribution in [2.24, 2.45) is 5.92 Å². The zero-order valence-electron chi connectivity index (χ0n) is 9.84. The molecule has 1 aromatic heterocycles. The molecule has 1 aromatic rings. The quantitative estimate of drug-likeness (QED) is 0.888. The van der Waals surface area contributed by atoms with Crippen molar-refractivity contribution in [3.63, 3.8) is 0 Å². The summed E-state index contributed by atoms with van der Waals surface area (Å²) in [5.74, 6) is -0.731. The average molecular weight is 253 g/mol. The molecule has 5 heteroatoms. The Morgan fingerprint density at radius 3 is 2.82 bits per heavy atom. The van der Waals surface area contributed by atoms with Crippen LogP contribution in [-0.4, -0.2) is 35.5 Å². The molecule has 0 aromatic carbocycles. The van der Waals surface area contributed by atoms with Gasteiger partial charge in [-0.15, -0.1) is 11.3 Å². The summed E-state index contributed by atoms with van der Waals surface area (Å²) in [6, 6.07) is 2.06. The van der Waals surface area contributed by atoms with Crippen molar-refractivity contribution in [2.75, 3.05) is 13.6 Å². The summed E-state index contributed by atoms with van der Waals surface area (Å²) in [6.07, 6.45) is 0.851. The van der Waals surface area contributed by atoms with Gasteiger partial charge >= 0.3 is 5.97 Å². The molecule has 1 heterocycles. The number of carbonyl (C=O) groups is 2. The summed E-state index contributed by atoms with van der Waals surface area (Å²) < 4.78 is 0. The van der Waals surface area contributed by atoms with Crippen LogP contribution >= 0.6 is 11.3 Å². The highest BCUT2D eigenvalue weighted by molar-refractivity contribution is 7.10. The molecule has 2 atom stereocenters. The van der Waals surface area contributed by atoms with E-state index in [4.69, 9.17) is 5.11 Å². The van der Waals surface area contributed by atoms with Crippen molar-refractivity contribution in [1.82, 2.24) is 4.90 Å².